The van der Waals surface area contributed by atoms with Gasteiger partial charge in [0.25, 0.3) is 0 Å². The molecule has 10 rings (SSSR count). The molecule has 1 unspecified atom stereocenters. The summed E-state index contributed by atoms with van der Waals surface area (Å²) in [5.74, 6) is 3.61. The second kappa shape index (κ2) is 10.0. The highest BCUT2D eigenvalue weighted by atomic mass is 32.1. The van der Waals surface area contributed by atoms with Crippen molar-refractivity contribution in [2.75, 3.05) is 0 Å². The van der Waals surface area contributed by atoms with Gasteiger partial charge in [-0.15, -0.1) is 11.3 Å². The van der Waals surface area contributed by atoms with Crippen LogP contribution in [0.25, 0.3) is 55.4 Å². The Morgan fingerprint density at radius 1 is 0.468 bits per heavy atom. The number of nitrogens with zero attached hydrogens (tertiary/aromatic N) is 3. The van der Waals surface area contributed by atoms with Gasteiger partial charge < -0.3 is 4.74 Å². The zero-order valence-electron chi connectivity index (χ0n) is 25.1. The molecule has 2 aliphatic rings. The molecule has 0 amide bonds. The van der Waals surface area contributed by atoms with Crippen LogP contribution in [-0.2, 0) is 5.41 Å². The topological polar surface area (TPSA) is 47.9 Å². The number of hydrogen-bond acceptors (Lipinski definition) is 5. The van der Waals surface area contributed by atoms with Crippen LogP contribution in [0, 0.1) is 0 Å². The van der Waals surface area contributed by atoms with Gasteiger partial charge in [0.1, 0.15) is 11.5 Å². The molecule has 5 heteroatoms. The van der Waals surface area contributed by atoms with Crippen molar-refractivity contribution in [2.24, 2.45) is 0 Å². The Morgan fingerprint density at radius 2 is 1.09 bits per heavy atom. The predicted molar refractivity (Wildman–Crippen MR) is 189 cm³/mol. The van der Waals surface area contributed by atoms with Gasteiger partial charge in [0, 0.05) is 37.9 Å². The fourth-order valence-electron chi connectivity index (χ4n) is 7.52. The van der Waals surface area contributed by atoms with Crippen molar-refractivity contribution in [3.05, 3.63) is 173 Å². The van der Waals surface area contributed by atoms with Gasteiger partial charge in [-0.2, -0.15) is 0 Å². The zero-order valence-corrected chi connectivity index (χ0v) is 25.9. The molecule has 0 N–H and O–H groups in total. The number of para-hydroxylation sites is 1. The predicted octanol–water partition coefficient (Wildman–Crippen LogP) is 10.6. The Hall–Kier alpha value is -5.91. The second-order valence-corrected chi connectivity index (χ2v) is 12.9. The Balaban J connectivity index is 1.27. The van der Waals surface area contributed by atoms with Crippen molar-refractivity contribution < 1.29 is 4.74 Å². The first-order valence-corrected chi connectivity index (χ1v) is 16.6. The number of ether oxygens (including phenoxy) is 1. The molecule has 6 aromatic carbocycles. The molecule has 1 spiro atoms. The molecule has 1 aliphatic heterocycles. The lowest BCUT2D eigenvalue weighted by Crippen LogP contribution is -2.32. The van der Waals surface area contributed by atoms with Crippen LogP contribution in [0.2, 0.25) is 0 Å². The summed E-state index contributed by atoms with van der Waals surface area (Å²) >= 11 is 1.79. The Labute approximate surface area is 275 Å². The molecular weight excluding hydrogens is 595 g/mol. The molecule has 0 fully saturated rings. The van der Waals surface area contributed by atoms with Crippen molar-refractivity contribution in [3.63, 3.8) is 0 Å². The van der Waals surface area contributed by atoms with E-state index in [1.165, 1.54) is 32.3 Å². The number of benzene rings is 6. The molecule has 0 bridgehead atoms. The summed E-state index contributed by atoms with van der Waals surface area (Å²) < 4.78 is 7.98. The number of fused-ring (bicyclic) bond motifs is 11. The third-order valence-electron chi connectivity index (χ3n) is 9.49. The standard InChI is InChI=1S/C42H25N3OS/c1-3-11-26(12-4-1)39-43-40(27-13-5-2-6-14-27)45-41(44-39)28-19-21-36-34(25-28)42(32-17-9-10-18-35(32)46-36)31-16-8-7-15-29(31)38-30-23-24-47-37(30)22-20-33(38)42/h1-25H. The largest absolute Gasteiger partial charge is 0.457 e. The van der Waals surface area contributed by atoms with Crippen molar-refractivity contribution in [3.8, 4) is 56.8 Å². The van der Waals surface area contributed by atoms with Gasteiger partial charge in [-0.1, -0.05) is 109 Å². The highest BCUT2D eigenvalue weighted by Gasteiger charge is 2.51. The van der Waals surface area contributed by atoms with Crippen molar-refractivity contribution >= 4 is 21.4 Å². The van der Waals surface area contributed by atoms with Crippen molar-refractivity contribution in [2.45, 2.75) is 5.41 Å². The fraction of sp³-hybridized carbons (Fsp3) is 0.0238. The van der Waals surface area contributed by atoms with E-state index in [9.17, 15) is 0 Å². The molecule has 0 saturated carbocycles. The lowest BCUT2D eigenvalue weighted by Gasteiger charge is -2.39. The average Bonchev–Trinajstić information content (AvgIpc) is 3.74. The Kier molecular flexibility index (Phi) is 5.63. The minimum absolute atomic E-state index is 0.584. The quantitative estimate of drug-likeness (QED) is 0.197. The van der Waals surface area contributed by atoms with Gasteiger partial charge in [0.2, 0.25) is 0 Å². The van der Waals surface area contributed by atoms with Crippen molar-refractivity contribution in [1.82, 2.24) is 15.0 Å². The lowest BCUT2D eigenvalue weighted by molar-refractivity contribution is 0.436. The average molecular weight is 620 g/mol. The SMILES string of the molecule is c1ccc(-c2nc(-c3ccccc3)nc(-c3ccc4c(c3)C3(c5ccccc5O4)c4ccccc4-c4c3ccc3sccc43)n2)cc1. The smallest absolute Gasteiger partial charge is 0.164 e. The van der Waals surface area contributed by atoms with E-state index in [2.05, 4.69) is 90.3 Å². The van der Waals surface area contributed by atoms with Crippen LogP contribution in [0.15, 0.2) is 151 Å². The minimum Gasteiger partial charge on any atom is -0.457 e. The van der Waals surface area contributed by atoms with Crippen LogP contribution in [0.4, 0.5) is 0 Å². The first kappa shape index (κ1) is 26.3. The first-order chi connectivity index (χ1) is 23.3. The molecule has 0 radical (unpaired) electrons. The summed E-state index contributed by atoms with van der Waals surface area (Å²) in [7, 11) is 0. The molecule has 1 aliphatic carbocycles. The van der Waals surface area contributed by atoms with E-state index in [1.54, 1.807) is 11.3 Å². The molecule has 8 aromatic rings. The molecule has 1 atom stereocenters. The summed E-state index contributed by atoms with van der Waals surface area (Å²) in [6, 6.07) is 50.8. The maximum Gasteiger partial charge on any atom is 0.164 e. The Bertz CT molecular complexity index is 2450. The number of hydrogen-bond donors (Lipinski definition) is 0. The van der Waals surface area contributed by atoms with Crippen LogP contribution in [-0.4, -0.2) is 15.0 Å². The van der Waals surface area contributed by atoms with E-state index >= 15 is 0 Å². The third kappa shape index (κ3) is 3.78. The van der Waals surface area contributed by atoms with Gasteiger partial charge in [0.15, 0.2) is 17.5 Å². The summed E-state index contributed by atoms with van der Waals surface area (Å²) in [4.78, 5) is 15.1. The fourth-order valence-corrected chi connectivity index (χ4v) is 8.31. The van der Waals surface area contributed by atoms with E-state index in [4.69, 9.17) is 19.7 Å². The first-order valence-electron chi connectivity index (χ1n) is 15.7. The molecule has 0 saturated heterocycles. The summed E-state index contributed by atoms with van der Waals surface area (Å²) in [5, 5.41) is 3.48. The molecule has 47 heavy (non-hydrogen) atoms. The summed E-state index contributed by atoms with van der Waals surface area (Å²) in [6.07, 6.45) is 0. The van der Waals surface area contributed by atoms with E-state index in [-0.39, 0.29) is 0 Å². The lowest BCUT2D eigenvalue weighted by atomic mass is 9.66. The maximum atomic E-state index is 6.69. The van der Waals surface area contributed by atoms with E-state index in [1.807, 2.05) is 60.7 Å². The van der Waals surface area contributed by atoms with Crippen LogP contribution < -0.4 is 4.74 Å². The van der Waals surface area contributed by atoms with Crippen LogP contribution >= 0.6 is 11.3 Å². The summed E-state index contributed by atoms with van der Waals surface area (Å²) in [5.41, 5.74) is 9.51. The summed E-state index contributed by atoms with van der Waals surface area (Å²) in [6.45, 7) is 0. The van der Waals surface area contributed by atoms with Gasteiger partial charge in [0.05, 0.1) is 5.41 Å². The number of rotatable bonds is 3. The number of aromatic nitrogens is 3. The van der Waals surface area contributed by atoms with Crippen LogP contribution in [0.5, 0.6) is 11.5 Å². The second-order valence-electron chi connectivity index (χ2n) is 12.0. The third-order valence-corrected chi connectivity index (χ3v) is 10.4. The molecule has 4 nitrogen and oxygen atoms in total. The molecule has 220 valence electrons. The van der Waals surface area contributed by atoms with E-state index < -0.39 is 5.41 Å². The van der Waals surface area contributed by atoms with E-state index in [0.717, 1.165) is 39.3 Å². The molecule has 3 heterocycles. The van der Waals surface area contributed by atoms with Crippen molar-refractivity contribution in [1.29, 1.82) is 0 Å². The normalized spacial score (nSPS) is 15.5. The minimum atomic E-state index is -0.584. The zero-order chi connectivity index (χ0) is 31.0. The van der Waals surface area contributed by atoms with Gasteiger partial charge in [-0.3, -0.25) is 0 Å². The van der Waals surface area contributed by atoms with Gasteiger partial charge in [-0.25, -0.2) is 15.0 Å². The number of thiophene rings is 1. The molecular formula is C42H25N3OS. The van der Waals surface area contributed by atoms with Crippen LogP contribution in [0.1, 0.15) is 22.3 Å². The van der Waals surface area contributed by atoms with Crippen LogP contribution in [0.3, 0.4) is 0 Å². The van der Waals surface area contributed by atoms with Gasteiger partial charge >= 0.3 is 0 Å². The highest BCUT2D eigenvalue weighted by Crippen LogP contribution is 2.63. The maximum absolute atomic E-state index is 6.69. The van der Waals surface area contributed by atoms with E-state index in [0.29, 0.717) is 17.5 Å². The van der Waals surface area contributed by atoms with Gasteiger partial charge in [-0.05, 0) is 64.0 Å². The Morgan fingerprint density at radius 3 is 1.83 bits per heavy atom. The highest BCUT2D eigenvalue weighted by molar-refractivity contribution is 7.17. The monoisotopic (exact) mass is 619 g/mol. The molecule has 2 aromatic heterocycles.